The van der Waals surface area contributed by atoms with Crippen molar-refractivity contribution in [2.24, 2.45) is 0 Å². The molecule has 2 aromatic rings. The molecule has 1 saturated heterocycles. The van der Waals surface area contributed by atoms with Crippen molar-refractivity contribution >= 4 is 23.5 Å². The predicted molar refractivity (Wildman–Crippen MR) is 123 cm³/mol. The number of para-hydroxylation sites is 1. The van der Waals surface area contributed by atoms with Crippen LogP contribution in [0.2, 0.25) is 0 Å². The van der Waals surface area contributed by atoms with Crippen LogP contribution in [0, 0.1) is 0 Å². The Morgan fingerprint density at radius 3 is 2.66 bits per heavy atom. The maximum Gasteiger partial charge on any atom is 0.325 e. The van der Waals surface area contributed by atoms with Crippen LogP contribution in [0.25, 0.3) is 0 Å². The molecule has 0 bridgehead atoms. The summed E-state index contributed by atoms with van der Waals surface area (Å²) < 4.78 is 0. The minimum absolute atomic E-state index is 0.261. The summed E-state index contributed by atoms with van der Waals surface area (Å²) in [5, 5.41) is 5.76. The Morgan fingerprint density at radius 1 is 1.09 bits per heavy atom. The van der Waals surface area contributed by atoms with Gasteiger partial charge >= 0.3 is 6.03 Å². The first-order valence-electron chi connectivity index (χ1n) is 11.3. The fourth-order valence-electron chi connectivity index (χ4n) is 4.67. The Bertz CT molecular complexity index is 994. The molecule has 168 valence electrons. The zero-order valence-corrected chi connectivity index (χ0v) is 18.5. The molecule has 0 aromatic heterocycles. The molecule has 7 nitrogen and oxygen atoms in total. The van der Waals surface area contributed by atoms with E-state index in [1.807, 2.05) is 61.6 Å². The van der Waals surface area contributed by atoms with E-state index in [1.165, 1.54) is 0 Å². The second-order valence-corrected chi connectivity index (χ2v) is 8.55. The molecule has 2 aromatic carbocycles. The minimum Gasteiger partial charge on any atom is -0.375 e. The average molecular weight is 435 g/mol. The summed E-state index contributed by atoms with van der Waals surface area (Å²) >= 11 is 0. The van der Waals surface area contributed by atoms with Crippen LogP contribution in [0.5, 0.6) is 0 Å². The lowest BCUT2D eigenvalue weighted by Gasteiger charge is -2.27. The van der Waals surface area contributed by atoms with Crippen molar-refractivity contribution in [1.29, 1.82) is 0 Å². The van der Waals surface area contributed by atoms with Crippen molar-refractivity contribution in [3.63, 3.8) is 0 Å². The summed E-state index contributed by atoms with van der Waals surface area (Å²) in [6.07, 6.45) is 4.02. The standard InChI is InChI=1S/C25H30N4O3/c1-28(20-12-3-2-4-13-20)17-9-16-26-22(30)18-29-23(31)25(27-24(29)32)15-8-7-11-19-10-5-6-14-21(19)25/h2-6,10,12-14H,7-9,11,15-18H2,1H3,(H,26,30)(H,27,32). The highest BCUT2D eigenvalue weighted by Gasteiger charge is 2.53. The topological polar surface area (TPSA) is 81.8 Å². The van der Waals surface area contributed by atoms with Gasteiger partial charge in [0.2, 0.25) is 5.91 Å². The molecule has 0 saturated carbocycles. The van der Waals surface area contributed by atoms with Crippen molar-refractivity contribution in [1.82, 2.24) is 15.5 Å². The maximum absolute atomic E-state index is 13.4. The van der Waals surface area contributed by atoms with Gasteiger partial charge in [-0.15, -0.1) is 0 Å². The molecule has 0 radical (unpaired) electrons. The van der Waals surface area contributed by atoms with Gasteiger partial charge in [-0.05, 0) is 55.4 Å². The highest BCUT2D eigenvalue weighted by molar-refractivity contribution is 6.09. The number of carbonyl (C=O) groups excluding carboxylic acids is 3. The second kappa shape index (κ2) is 9.42. The largest absolute Gasteiger partial charge is 0.375 e. The smallest absolute Gasteiger partial charge is 0.325 e. The fourth-order valence-corrected chi connectivity index (χ4v) is 4.67. The molecule has 32 heavy (non-hydrogen) atoms. The predicted octanol–water partition coefficient (Wildman–Crippen LogP) is 2.80. The first-order chi connectivity index (χ1) is 15.5. The number of nitrogens with zero attached hydrogens (tertiary/aromatic N) is 2. The zero-order chi connectivity index (χ0) is 22.6. The van der Waals surface area contributed by atoms with Crippen LogP contribution in [0.4, 0.5) is 10.5 Å². The Hall–Kier alpha value is -3.35. The van der Waals surface area contributed by atoms with Crippen LogP contribution in [-0.2, 0) is 21.5 Å². The molecule has 7 heteroatoms. The van der Waals surface area contributed by atoms with E-state index < -0.39 is 11.6 Å². The van der Waals surface area contributed by atoms with Crippen molar-refractivity contribution in [2.75, 3.05) is 31.6 Å². The number of hydrogen-bond donors (Lipinski definition) is 2. The lowest BCUT2D eigenvalue weighted by molar-refractivity contribution is -0.135. The number of benzene rings is 2. The van der Waals surface area contributed by atoms with E-state index in [1.54, 1.807) is 0 Å². The van der Waals surface area contributed by atoms with Gasteiger partial charge in [0.1, 0.15) is 12.1 Å². The van der Waals surface area contributed by atoms with Gasteiger partial charge < -0.3 is 15.5 Å². The lowest BCUT2D eigenvalue weighted by atomic mass is 9.84. The molecular weight excluding hydrogens is 404 g/mol. The fraction of sp³-hybridized carbons (Fsp3) is 0.400. The van der Waals surface area contributed by atoms with E-state index >= 15 is 0 Å². The first-order valence-corrected chi connectivity index (χ1v) is 11.3. The van der Waals surface area contributed by atoms with Gasteiger partial charge in [-0.2, -0.15) is 0 Å². The number of fused-ring (bicyclic) bond motifs is 2. The molecule has 2 aliphatic rings. The normalized spacial score (nSPS) is 20.0. The Morgan fingerprint density at radius 2 is 1.84 bits per heavy atom. The number of carbonyl (C=O) groups is 3. The monoisotopic (exact) mass is 434 g/mol. The van der Waals surface area contributed by atoms with E-state index in [-0.39, 0.29) is 18.4 Å². The summed E-state index contributed by atoms with van der Waals surface area (Å²) in [5.74, 6) is -0.648. The van der Waals surface area contributed by atoms with Crippen LogP contribution in [-0.4, -0.2) is 49.4 Å². The van der Waals surface area contributed by atoms with Gasteiger partial charge in [-0.25, -0.2) is 4.79 Å². The summed E-state index contributed by atoms with van der Waals surface area (Å²) in [4.78, 5) is 41.8. The number of rotatable bonds is 7. The van der Waals surface area contributed by atoms with E-state index in [9.17, 15) is 14.4 Å². The van der Waals surface area contributed by atoms with Crippen molar-refractivity contribution in [3.05, 3.63) is 65.7 Å². The quantitative estimate of drug-likeness (QED) is 0.519. The van der Waals surface area contributed by atoms with Gasteiger partial charge in [0.05, 0.1) is 0 Å². The van der Waals surface area contributed by atoms with Crippen molar-refractivity contribution < 1.29 is 14.4 Å². The molecule has 1 atom stereocenters. The Labute approximate surface area is 188 Å². The molecule has 1 aliphatic heterocycles. The third kappa shape index (κ3) is 4.33. The van der Waals surface area contributed by atoms with Gasteiger partial charge in [0, 0.05) is 25.8 Å². The van der Waals surface area contributed by atoms with Crippen LogP contribution in [0.1, 0.15) is 36.8 Å². The van der Waals surface area contributed by atoms with Gasteiger partial charge in [-0.1, -0.05) is 42.5 Å². The molecule has 4 amide bonds. The van der Waals surface area contributed by atoms with Crippen LogP contribution in [0.15, 0.2) is 54.6 Å². The van der Waals surface area contributed by atoms with E-state index in [2.05, 4.69) is 15.5 Å². The number of aryl methyl sites for hydroxylation is 1. The SMILES string of the molecule is CN(CCCNC(=O)CN1C(=O)NC2(CCCCc3ccccc32)C1=O)c1ccccc1. The molecule has 4 rings (SSSR count). The van der Waals surface area contributed by atoms with Crippen LogP contribution < -0.4 is 15.5 Å². The number of nitrogens with one attached hydrogen (secondary N) is 2. The molecule has 1 aliphatic carbocycles. The number of amides is 4. The van der Waals surface area contributed by atoms with Crippen LogP contribution in [0.3, 0.4) is 0 Å². The molecule has 1 heterocycles. The molecule has 1 spiro atoms. The number of anilines is 1. The second-order valence-electron chi connectivity index (χ2n) is 8.55. The molecule has 1 unspecified atom stereocenters. The third-order valence-electron chi connectivity index (χ3n) is 6.39. The summed E-state index contributed by atoms with van der Waals surface area (Å²) in [6, 6.07) is 17.3. The van der Waals surface area contributed by atoms with Gasteiger partial charge in [0.25, 0.3) is 5.91 Å². The number of urea groups is 1. The van der Waals surface area contributed by atoms with Crippen LogP contribution >= 0.6 is 0 Å². The maximum atomic E-state index is 13.4. The summed E-state index contributed by atoms with van der Waals surface area (Å²) in [7, 11) is 2.01. The summed E-state index contributed by atoms with van der Waals surface area (Å²) in [5.41, 5.74) is 2.02. The Balaban J connectivity index is 1.33. The van der Waals surface area contributed by atoms with E-state index in [0.717, 1.165) is 53.9 Å². The van der Waals surface area contributed by atoms with Gasteiger partial charge in [0.15, 0.2) is 0 Å². The third-order valence-corrected chi connectivity index (χ3v) is 6.39. The van der Waals surface area contributed by atoms with Crippen molar-refractivity contribution in [2.45, 2.75) is 37.6 Å². The highest BCUT2D eigenvalue weighted by Crippen LogP contribution is 2.38. The summed E-state index contributed by atoms with van der Waals surface area (Å²) in [6.45, 7) is 1.00. The number of imide groups is 1. The highest BCUT2D eigenvalue weighted by atomic mass is 16.2. The molecule has 2 N–H and O–H groups in total. The first kappa shape index (κ1) is 21.9. The van der Waals surface area contributed by atoms with E-state index in [4.69, 9.17) is 0 Å². The van der Waals surface area contributed by atoms with Crippen molar-refractivity contribution in [3.8, 4) is 0 Å². The minimum atomic E-state index is -1.05. The average Bonchev–Trinajstić information content (AvgIpc) is 2.94. The lowest BCUT2D eigenvalue weighted by Crippen LogP contribution is -2.45. The van der Waals surface area contributed by atoms with E-state index in [0.29, 0.717) is 13.0 Å². The molecule has 1 fully saturated rings. The Kier molecular flexibility index (Phi) is 6.44. The number of hydrogen-bond acceptors (Lipinski definition) is 4. The van der Waals surface area contributed by atoms with Gasteiger partial charge in [-0.3, -0.25) is 14.5 Å². The zero-order valence-electron chi connectivity index (χ0n) is 18.5. The molecular formula is C25H30N4O3.